The Morgan fingerprint density at radius 3 is 2.75 bits per heavy atom. The average Bonchev–Trinajstić information content (AvgIpc) is 2.93. The number of hydrogen-bond donors (Lipinski definition) is 0. The first-order valence-electron chi connectivity index (χ1n) is 10.1. The Balaban J connectivity index is 1.59. The molecule has 0 aliphatic carbocycles. The Labute approximate surface area is 167 Å². The van der Waals surface area contributed by atoms with Crippen molar-refractivity contribution in [2.24, 2.45) is 0 Å². The van der Waals surface area contributed by atoms with E-state index in [-0.39, 0.29) is 5.91 Å². The van der Waals surface area contributed by atoms with E-state index >= 15 is 0 Å². The molecule has 2 saturated heterocycles. The molecule has 1 aromatic heterocycles. The van der Waals surface area contributed by atoms with Gasteiger partial charge in [0.15, 0.2) is 5.82 Å². The van der Waals surface area contributed by atoms with Crippen LogP contribution in [0.5, 0.6) is 0 Å². The van der Waals surface area contributed by atoms with Crippen molar-refractivity contribution in [2.75, 3.05) is 39.1 Å². The Morgan fingerprint density at radius 2 is 1.96 bits per heavy atom. The number of amides is 1. The van der Waals surface area contributed by atoms with Gasteiger partial charge in [-0.1, -0.05) is 12.1 Å². The second-order valence-corrected chi connectivity index (χ2v) is 8.27. The molecule has 2 aliphatic rings. The summed E-state index contributed by atoms with van der Waals surface area (Å²) < 4.78 is 0. The number of carbonyl (C=O) groups is 1. The third-order valence-corrected chi connectivity index (χ3v) is 6.17. The summed E-state index contributed by atoms with van der Waals surface area (Å²) in [6, 6.07) is 8.84. The highest BCUT2D eigenvalue weighted by Crippen LogP contribution is 2.29. The van der Waals surface area contributed by atoms with Crippen LogP contribution < -0.4 is 4.90 Å². The third kappa shape index (κ3) is 3.49. The molecule has 0 spiro atoms. The molecule has 1 amide bonds. The number of likely N-dealkylation sites (tertiary alicyclic amines) is 1. The van der Waals surface area contributed by atoms with Crippen molar-refractivity contribution >= 4 is 11.7 Å². The molecule has 28 heavy (non-hydrogen) atoms. The lowest BCUT2D eigenvalue weighted by Gasteiger charge is -2.26. The second kappa shape index (κ2) is 7.51. The molecular formula is C22H29N5O. The summed E-state index contributed by atoms with van der Waals surface area (Å²) >= 11 is 0. The van der Waals surface area contributed by atoms with Crippen LogP contribution in [0.15, 0.2) is 30.5 Å². The molecule has 0 N–H and O–H groups in total. The fourth-order valence-electron chi connectivity index (χ4n) is 4.49. The molecule has 0 radical (unpaired) electrons. The van der Waals surface area contributed by atoms with Crippen molar-refractivity contribution in [1.82, 2.24) is 19.8 Å². The Kier molecular flexibility index (Phi) is 5.06. The number of fused-ring (bicyclic) bond motifs is 2. The van der Waals surface area contributed by atoms with Gasteiger partial charge in [0.05, 0.1) is 0 Å². The number of rotatable bonds is 3. The highest BCUT2D eigenvalue weighted by atomic mass is 16.2. The molecule has 2 bridgehead atoms. The first kappa shape index (κ1) is 18.9. The van der Waals surface area contributed by atoms with Crippen molar-refractivity contribution < 1.29 is 4.79 Å². The van der Waals surface area contributed by atoms with Crippen molar-refractivity contribution in [3.8, 4) is 11.4 Å². The van der Waals surface area contributed by atoms with Crippen LogP contribution in [0.25, 0.3) is 11.4 Å². The zero-order valence-electron chi connectivity index (χ0n) is 17.2. The molecule has 0 unspecified atom stereocenters. The zero-order chi connectivity index (χ0) is 19.8. The van der Waals surface area contributed by atoms with Gasteiger partial charge >= 0.3 is 0 Å². The number of hydrogen-bond acceptors (Lipinski definition) is 5. The van der Waals surface area contributed by atoms with Crippen LogP contribution in [0.1, 0.15) is 35.2 Å². The van der Waals surface area contributed by atoms with Crippen LogP contribution in [-0.2, 0) is 0 Å². The Morgan fingerprint density at radius 1 is 1.18 bits per heavy atom. The van der Waals surface area contributed by atoms with Gasteiger partial charge in [-0.2, -0.15) is 0 Å². The molecule has 4 rings (SSSR count). The highest BCUT2D eigenvalue weighted by Gasteiger charge is 2.36. The lowest BCUT2D eigenvalue weighted by Crippen LogP contribution is -2.39. The normalized spacial score (nSPS) is 22.2. The summed E-state index contributed by atoms with van der Waals surface area (Å²) in [7, 11) is 6.15. The Bertz CT molecular complexity index is 881. The number of likely N-dealkylation sites (N-methyl/N-ethyl adjacent to an activating group) is 1. The third-order valence-electron chi connectivity index (χ3n) is 6.17. The van der Waals surface area contributed by atoms with Gasteiger partial charge in [-0.25, -0.2) is 9.97 Å². The van der Waals surface area contributed by atoms with Gasteiger partial charge in [0.25, 0.3) is 5.91 Å². The number of benzene rings is 1. The number of aryl methyl sites for hydroxylation is 1. The molecule has 3 heterocycles. The van der Waals surface area contributed by atoms with Gasteiger partial charge in [-0.15, -0.1) is 0 Å². The molecule has 2 fully saturated rings. The molecule has 1 aromatic carbocycles. The van der Waals surface area contributed by atoms with Gasteiger partial charge in [-0.3, -0.25) is 9.69 Å². The smallest absolute Gasteiger partial charge is 0.253 e. The minimum Gasteiger partial charge on any atom is -0.362 e. The van der Waals surface area contributed by atoms with E-state index in [2.05, 4.69) is 16.9 Å². The van der Waals surface area contributed by atoms with E-state index in [1.807, 2.05) is 61.3 Å². The van der Waals surface area contributed by atoms with Gasteiger partial charge in [-0.05, 0) is 45.4 Å². The first-order chi connectivity index (χ1) is 13.4. The van der Waals surface area contributed by atoms with E-state index in [0.29, 0.717) is 23.5 Å². The van der Waals surface area contributed by atoms with E-state index < -0.39 is 0 Å². The topological polar surface area (TPSA) is 52.6 Å². The summed E-state index contributed by atoms with van der Waals surface area (Å²) in [4.78, 5) is 28.9. The van der Waals surface area contributed by atoms with E-state index in [4.69, 9.17) is 4.98 Å². The number of carbonyl (C=O) groups excluding carboxylic acids is 1. The Hall–Kier alpha value is -2.47. The van der Waals surface area contributed by atoms with E-state index in [1.54, 1.807) is 0 Å². The monoisotopic (exact) mass is 379 g/mol. The first-order valence-corrected chi connectivity index (χ1v) is 10.1. The molecule has 148 valence electrons. The van der Waals surface area contributed by atoms with Gasteiger partial charge in [0.2, 0.25) is 0 Å². The van der Waals surface area contributed by atoms with E-state index in [9.17, 15) is 4.79 Å². The summed E-state index contributed by atoms with van der Waals surface area (Å²) in [5.41, 5.74) is 2.63. The molecule has 6 nitrogen and oxygen atoms in total. The zero-order valence-corrected chi connectivity index (χ0v) is 17.2. The summed E-state index contributed by atoms with van der Waals surface area (Å²) in [6.45, 7) is 3.66. The summed E-state index contributed by atoms with van der Waals surface area (Å²) in [6.07, 6.45) is 5.35. The van der Waals surface area contributed by atoms with Gasteiger partial charge in [0.1, 0.15) is 5.82 Å². The lowest BCUT2D eigenvalue weighted by atomic mass is 10.1. The molecule has 6 heteroatoms. The predicted octanol–water partition coefficient (Wildman–Crippen LogP) is 2.83. The number of anilines is 1. The maximum Gasteiger partial charge on any atom is 0.253 e. The molecule has 2 aromatic rings. The predicted molar refractivity (Wildman–Crippen MR) is 112 cm³/mol. The quantitative estimate of drug-likeness (QED) is 0.821. The van der Waals surface area contributed by atoms with Crippen LogP contribution in [0.2, 0.25) is 0 Å². The van der Waals surface area contributed by atoms with Crippen LogP contribution >= 0.6 is 0 Å². The number of nitrogens with zero attached hydrogens (tertiary/aromatic N) is 5. The van der Waals surface area contributed by atoms with E-state index in [0.717, 1.165) is 36.5 Å². The fraction of sp³-hybridized carbons (Fsp3) is 0.500. The van der Waals surface area contributed by atoms with E-state index in [1.165, 1.54) is 12.8 Å². The van der Waals surface area contributed by atoms with Crippen molar-refractivity contribution in [1.29, 1.82) is 0 Å². The second-order valence-electron chi connectivity index (χ2n) is 8.27. The summed E-state index contributed by atoms with van der Waals surface area (Å²) in [5, 5.41) is 0. The van der Waals surface area contributed by atoms with Crippen LogP contribution in [0.3, 0.4) is 0 Å². The lowest BCUT2D eigenvalue weighted by molar-refractivity contribution is 0.0740. The fourth-order valence-corrected chi connectivity index (χ4v) is 4.49. The molecule has 2 atom stereocenters. The van der Waals surface area contributed by atoms with Crippen LogP contribution in [-0.4, -0.2) is 72.0 Å². The summed E-state index contributed by atoms with van der Waals surface area (Å²) in [5.74, 6) is 1.66. The van der Waals surface area contributed by atoms with Crippen molar-refractivity contribution in [2.45, 2.75) is 38.3 Å². The number of aromatic nitrogens is 2. The highest BCUT2D eigenvalue weighted by molar-refractivity contribution is 5.95. The standard InChI is InChI=1S/C22H29N5O/c1-15-13-23-20(24-21(15)25(2)3)16-6-5-7-17(12-16)22(28)27-11-10-18-8-9-19(14-27)26(18)4/h5-7,12-13,18-19H,8-11,14H2,1-4H3/t18-,19+/m0/s1. The average molecular weight is 380 g/mol. The minimum atomic E-state index is 0.114. The molecular weight excluding hydrogens is 350 g/mol. The molecule has 0 saturated carbocycles. The van der Waals surface area contributed by atoms with Crippen molar-refractivity contribution in [3.63, 3.8) is 0 Å². The maximum absolute atomic E-state index is 13.2. The SMILES string of the molecule is Cc1cnc(-c2cccc(C(=O)N3CC[C@@H]4CC[C@H](C3)N4C)c2)nc1N(C)C. The van der Waals surface area contributed by atoms with Gasteiger partial charge in [0, 0.05) is 62.2 Å². The van der Waals surface area contributed by atoms with Crippen molar-refractivity contribution in [3.05, 3.63) is 41.6 Å². The van der Waals surface area contributed by atoms with Crippen LogP contribution in [0, 0.1) is 6.92 Å². The minimum absolute atomic E-state index is 0.114. The maximum atomic E-state index is 13.2. The van der Waals surface area contributed by atoms with Crippen LogP contribution in [0.4, 0.5) is 5.82 Å². The largest absolute Gasteiger partial charge is 0.362 e. The van der Waals surface area contributed by atoms with Gasteiger partial charge < -0.3 is 9.80 Å². The molecule has 2 aliphatic heterocycles.